The molecule has 114 valence electrons. The molecule has 2 heterocycles. The maximum absolute atomic E-state index is 11.8. The minimum Gasteiger partial charge on any atom is -0.481 e. The van der Waals surface area contributed by atoms with Gasteiger partial charge in [-0.15, -0.1) is 0 Å². The van der Waals surface area contributed by atoms with Gasteiger partial charge in [0.25, 0.3) is 0 Å². The Hall–Kier alpha value is -1.15. The zero-order valence-corrected chi connectivity index (χ0v) is 12.3. The molecule has 2 rings (SSSR count). The van der Waals surface area contributed by atoms with Crippen LogP contribution in [-0.4, -0.2) is 67.0 Å². The molecule has 0 aliphatic carbocycles. The molecule has 0 bridgehead atoms. The number of carbonyl (C=O) groups is 2. The van der Waals surface area contributed by atoms with Gasteiger partial charge in [-0.1, -0.05) is 0 Å². The lowest BCUT2D eigenvalue weighted by molar-refractivity contribution is -0.141. The lowest BCUT2D eigenvalue weighted by atomic mass is 9.99. The molecule has 0 aromatic heterocycles. The molecule has 0 aromatic rings. The zero-order valence-electron chi connectivity index (χ0n) is 11.5. The molecule has 2 aliphatic heterocycles. The van der Waals surface area contributed by atoms with Gasteiger partial charge in [-0.25, -0.2) is 12.7 Å². The van der Waals surface area contributed by atoms with E-state index >= 15 is 0 Å². The molecule has 0 saturated carbocycles. The van der Waals surface area contributed by atoms with E-state index in [-0.39, 0.29) is 24.8 Å². The van der Waals surface area contributed by atoms with Crippen LogP contribution in [0.5, 0.6) is 0 Å². The lowest BCUT2D eigenvalue weighted by Gasteiger charge is -2.33. The van der Waals surface area contributed by atoms with Crippen molar-refractivity contribution in [1.29, 1.82) is 0 Å². The van der Waals surface area contributed by atoms with E-state index < -0.39 is 21.9 Å². The van der Waals surface area contributed by atoms with Crippen LogP contribution in [0.1, 0.15) is 19.3 Å². The van der Waals surface area contributed by atoms with Crippen LogP contribution in [0.25, 0.3) is 0 Å². The first-order valence-corrected chi connectivity index (χ1v) is 8.58. The summed E-state index contributed by atoms with van der Waals surface area (Å²) in [6.07, 6.45) is 2.89. The Labute approximate surface area is 118 Å². The topological polar surface area (TPSA) is 95.0 Å². The van der Waals surface area contributed by atoms with E-state index in [2.05, 4.69) is 0 Å². The molecule has 2 atom stereocenters. The van der Waals surface area contributed by atoms with Crippen molar-refractivity contribution in [3.8, 4) is 0 Å². The number of sulfonamides is 1. The largest absolute Gasteiger partial charge is 0.481 e. The molecule has 20 heavy (non-hydrogen) atoms. The Morgan fingerprint density at radius 2 is 2.10 bits per heavy atom. The summed E-state index contributed by atoms with van der Waals surface area (Å²) in [5.74, 6) is -1.62. The van der Waals surface area contributed by atoms with Gasteiger partial charge in [0.1, 0.15) is 0 Å². The van der Waals surface area contributed by atoms with Gasteiger partial charge in [-0.3, -0.25) is 9.59 Å². The fourth-order valence-corrected chi connectivity index (χ4v) is 3.85. The highest BCUT2D eigenvalue weighted by atomic mass is 32.2. The maximum atomic E-state index is 11.8. The Morgan fingerprint density at radius 3 is 2.65 bits per heavy atom. The quantitative estimate of drug-likeness (QED) is 0.762. The number of carboxylic acid groups (broad SMARTS) is 1. The number of likely N-dealkylation sites (tertiary alicyclic amines) is 1. The van der Waals surface area contributed by atoms with Crippen molar-refractivity contribution in [3.63, 3.8) is 0 Å². The number of piperidine rings is 1. The maximum Gasteiger partial charge on any atom is 0.308 e. The van der Waals surface area contributed by atoms with Crippen molar-refractivity contribution < 1.29 is 23.1 Å². The van der Waals surface area contributed by atoms with Crippen LogP contribution in [0.15, 0.2) is 0 Å². The summed E-state index contributed by atoms with van der Waals surface area (Å²) in [6.45, 7) is 1.64. The summed E-state index contributed by atoms with van der Waals surface area (Å²) >= 11 is 0. The molecule has 0 aromatic carbocycles. The number of carbonyl (C=O) groups excluding carboxylic acids is 1. The molecule has 2 fully saturated rings. The predicted molar refractivity (Wildman–Crippen MR) is 71.5 cm³/mol. The molecule has 1 N–H and O–H groups in total. The van der Waals surface area contributed by atoms with Gasteiger partial charge in [0.2, 0.25) is 15.9 Å². The molecule has 0 spiro atoms. The average molecular weight is 304 g/mol. The highest BCUT2D eigenvalue weighted by Crippen LogP contribution is 2.24. The van der Waals surface area contributed by atoms with Crippen molar-refractivity contribution in [1.82, 2.24) is 9.21 Å². The second kappa shape index (κ2) is 5.69. The minimum atomic E-state index is -3.19. The van der Waals surface area contributed by atoms with E-state index in [4.69, 9.17) is 5.11 Å². The third-order valence-corrected chi connectivity index (χ3v) is 5.26. The lowest BCUT2D eigenvalue weighted by Crippen LogP contribution is -2.43. The van der Waals surface area contributed by atoms with Crippen LogP contribution in [0.4, 0.5) is 0 Å². The first-order chi connectivity index (χ1) is 9.27. The summed E-state index contributed by atoms with van der Waals surface area (Å²) in [7, 11) is -3.19. The molecule has 2 saturated heterocycles. The third-order valence-electron chi connectivity index (χ3n) is 3.99. The van der Waals surface area contributed by atoms with Crippen molar-refractivity contribution in [2.75, 3.05) is 32.4 Å². The highest BCUT2D eigenvalue weighted by Gasteiger charge is 2.36. The van der Waals surface area contributed by atoms with Crippen LogP contribution in [-0.2, 0) is 19.6 Å². The number of hydrogen-bond acceptors (Lipinski definition) is 4. The molecular weight excluding hydrogens is 284 g/mol. The van der Waals surface area contributed by atoms with Gasteiger partial charge in [-0.2, -0.15) is 0 Å². The monoisotopic (exact) mass is 304 g/mol. The molecule has 2 aliphatic rings. The fourth-order valence-electron chi connectivity index (χ4n) is 2.90. The Balaban J connectivity index is 1.93. The number of aliphatic carboxylic acids is 1. The average Bonchev–Trinajstić information content (AvgIpc) is 2.70. The molecule has 0 radical (unpaired) electrons. The van der Waals surface area contributed by atoms with Gasteiger partial charge in [0, 0.05) is 32.6 Å². The van der Waals surface area contributed by atoms with E-state index in [1.165, 1.54) is 10.6 Å². The smallest absolute Gasteiger partial charge is 0.308 e. The van der Waals surface area contributed by atoms with E-state index in [0.29, 0.717) is 19.6 Å². The summed E-state index contributed by atoms with van der Waals surface area (Å²) < 4.78 is 24.5. The number of hydrogen-bond donors (Lipinski definition) is 1. The van der Waals surface area contributed by atoms with E-state index in [9.17, 15) is 18.0 Å². The van der Waals surface area contributed by atoms with Crippen molar-refractivity contribution >= 4 is 21.9 Å². The second-order valence-electron chi connectivity index (χ2n) is 5.67. The Kier molecular flexibility index (Phi) is 4.33. The van der Waals surface area contributed by atoms with Gasteiger partial charge < -0.3 is 10.0 Å². The molecule has 1 amide bonds. The number of amides is 1. The Morgan fingerprint density at radius 1 is 1.40 bits per heavy atom. The van der Waals surface area contributed by atoms with Crippen molar-refractivity contribution in [2.45, 2.75) is 19.3 Å². The van der Waals surface area contributed by atoms with Gasteiger partial charge >= 0.3 is 5.97 Å². The second-order valence-corrected chi connectivity index (χ2v) is 7.65. The van der Waals surface area contributed by atoms with Crippen molar-refractivity contribution in [3.05, 3.63) is 0 Å². The van der Waals surface area contributed by atoms with Crippen molar-refractivity contribution in [2.24, 2.45) is 11.8 Å². The van der Waals surface area contributed by atoms with Gasteiger partial charge in [0.15, 0.2) is 0 Å². The SMILES string of the molecule is CS(=O)(=O)N1CCCC(CN2CC(C(=O)O)CC2=O)C1. The summed E-state index contributed by atoms with van der Waals surface area (Å²) in [4.78, 5) is 24.2. The first-order valence-electron chi connectivity index (χ1n) is 6.73. The number of nitrogens with zero attached hydrogens (tertiary/aromatic N) is 2. The van der Waals surface area contributed by atoms with Crippen LogP contribution < -0.4 is 0 Å². The van der Waals surface area contributed by atoms with E-state index in [1.54, 1.807) is 4.90 Å². The van der Waals surface area contributed by atoms with Gasteiger partial charge in [0.05, 0.1) is 12.2 Å². The third kappa shape index (κ3) is 3.49. The zero-order chi connectivity index (χ0) is 14.9. The van der Waals surface area contributed by atoms with Crippen LogP contribution in [0.3, 0.4) is 0 Å². The van der Waals surface area contributed by atoms with Gasteiger partial charge in [-0.05, 0) is 18.8 Å². The molecule has 7 nitrogen and oxygen atoms in total. The highest BCUT2D eigenvalue weighted by molar-refractivity contribution is 7.88. The van der Waals surface area contributed by atoms with E-state index in [0.717, 1.165) is 12.8 Å². The van der Waals surface area contributed by atoms with Crippen LogP contribution >= 0.6 is 0 Å². The number of carboxylic acids is 1. The van der Waals surface area contributed by atoms with Crippen LogP contribution in [0.2, 0.25) is 0 Å². The molecule has 8 heteroatoms. The summed E-state index contributed by atoms with van der Waals surface area (Å²) in [5, 5.41) is 8.94. The first kappa shape index (κ1) is 15.2. The number of rotatable bonds is 4. The Bertz CT molecular complexity index is 504. The summed E-state index contributed by atoms with van der Waals surface area (Å²) in [6, 6.07) is 0. The van der Waals surface area contributed by atoms with E-state index in [1.807, 2.05) is 0 Å². The molecular formula is C12H20N2O5S. The minimum absolute atomic E-state index is 0.0534. The normalized spacial score (nSPS) is 28.9. The fraction of sp³-hybridized carbons (Fsp3) is 0.833. The summed E-state index contributed by atoms with van der Waals surface area (Å²) in [5.41, 5.74) is 0. The van der Waals surface area contributed by atoms with Crippen LogP contribution in [0, 0.1) is 11.8 Å². The molecule has 2 unspecified atom stereocenters. The predicted octanol–water partition coefficient (Wildman–Crippen LogP) is -0.409. The standard InChI is InChI=1S/C12H20N2O5S/c1-20(18,19)14-4-2-3-9(7-14)6-13-8-10(12(16)17)5-11(13)15/h9-10H,2-8H2,1H3,(H,16,17).